The predicted octanol–water partition coefficient (Wildman–Crippen LogP) is 9.65. The number of nitriles is 3. The molecule has 3 atom stereocenters. The van der Waals surface area contributed by atoms with E-state index in [9.17, 15) is 15.8 Å². The molecule has 0 saturated heterocycles. The van der Waals surface area contributed by atoms with Crippen LogP contribution in [-0.2, 0) is 40.8 Å². The molecule has 9 aromatic heterocycles. The van der Waals surface area contributed by atoms with Gasteiger partial charge in [-0.2, -0.15) is 31.1 Å². The first kappa shape index (κ1) is 61.7. The first-order valence-corrected chi connectivity index (χ1v) is 29.5. The number of fused-ring (bicyclic) bond motifs is 21. The number of hydrogen-bond donors (Lipinski definition) is 3. The van der Waals surface area contributed by atoms with E-state index in [4.69, 9.17) is 31.4 Å². The van der Waals surface area contributed by atoms with Crippen LogP contribution in [0.3, 0.4) is 0 Å². The van der Waals surface area contributed by atoms with Crippen molar-refractivity contribution in [2.45, 2.75) is 86.9 Å². The van der Waals surface area contributed by atoms with Crippen molar-refractivity contribution >= 4 is 17.5 Å². The maximum Gasteiger partial charge on any atom is 0.258 e. The molecule has 6 N–H and O–H groups in total. The summed E-state index contributed by atoms with van der Waals surface area (Å²) in [6.07, 6.45) is 14.6. The molecule has 3 aromatic carbocycles. The largest absolute Gasteiger partial charge is 0.467 e. The molecule has 1 unspecified atom stereocenters. The number of benzene rings is 3. The zero-order valence-electron chi connectivity index (χ0n) is 52.1. The Morgan fingerprint density at radius 2 is 0.713 bits per heavy atom. The third kappa shape index (κ3) is 11.1. The van der Waals surface area contributed by atoms with Crippen molar-refractivity contribution in [3.8, 4) is 104 Å². The lowest BCUT2D eigenvalue weighted by Crippen LogP contribution is -2.12. The van der Waals surface area contributed by atoms with Crippen LogP contribution in [0.5, 0.6) is 17.6 Å². The number of nitrogens with zero attached hydrogens (tertiary/aromatic N) is 21. The zero-order chi connectivity index (χ0) is 65.1. The smallest absolute Gasteiger partial charge is 0.258 e. The highest BCUT2D eigenvalue weighted by molar-refractivity contribution is 5.74. The van der Waals surface area contributed by atoms with Crippen LogP contribution in [-0.4, -0.2) is 87.9 Å². The summed E-state index contributed by atoms with van der Waals surface area (Å²) in [4.78, 5) is 40.5. The third-order valence-electron chi connectivity index (χ3n) is 16.4. The minimum atomic E-state index is -0.352. The van der Waals surface area contributed by atoms with Crippen LogP contribution in [0.1, 0.15) is 114 Å². The van der Waals surface area contributed by atoms with Crippen molar-refractivity contribution in [2.24, 2.45) is 21.1 Å². The summed E-state index contributed by atoms with van der Waals surface area (Å²) in [6, 6.07) is 25.2. The molecule has 3 aliphatic heterocycles. The highest BCUT2D eigenvalue weighted by Gasteiger charge is 2.30. The number of ether oxygens (including phenoxy) is 3. The van der Waals surface area contributed by atoms with Crippen molar-refractivity contribution in [1.82, 2.24) is 87.9 Å². The molecule has 0 fully saturated rings. The van der Waals surface area contributed by atoms with Gasteiger partial charge in [-0.15, -0.1) is 0 Å². The standard InChI is InChI=1S/3C22H20N8O.CH4/c3*1-12-4-5-14-15(8-12)13(2)31-22-20(24)26-10-16(27-22)19-17(28-29(3)18(19)9-23)11-30-7-6-25-21(14)30;/h3*4-8,10,13H,11H2,1-3H3,(H2,24,26);1H4/t2*13-;;/m10../s1. The maximum absolute atomic E-state index is 9.76. The van der Waals surface area contributed by atoms with Gasteiger partial charge in [0, 0.05) is 91.7 Å². The monoisotopic (exact) mass is 1250 g/mol. The highest BCUT2D eigenvalue weighted by Crippen LogP contribution is 2.40. The molecule has 6 bridgehead atoms. The summed E-state index contributed by atoms with van der Waals surface area (Å²) in [5, 5.41) is 43.1. The Balaban J connectivity index is 0.000000135. The van der Waals surface area contributed by atoms with Gasteiger partial charge in [0.05, 0.1) is 89.1 Å². The normalized spacial score (nSPS) is 14.7. The van der Waals surface area contributed by atoms with Crippen LogP contribution in [0.2, 0.25) is 0 Å². The second-order valence-corrected chi connectivity index (χ2v) is 22.7. The molecule has 0 spiro atoms. The van der Waals surface area contributed by atoms with Gasteiger partial charge in [0.2, 0.25) is 0 Å². The minimum absolute atomic E-state index is 0. The van der Waals surface area contributed by atoms with E-state index in [2.05, 4.69) is 96.6 Å². The number of hydrogen-bond acceptors (Lipinski definition) is 21. The fraction of sp³-hybridized carbons (Fsp3) is 0.239. The number of aryl methyl sites for hydroxylation is 6. The Labute approximate surface area is 540 Å². The maximum atomic E-state index is 9.76. The Hall–Kier alpha value is -12.6. The van der Waals surface area contributed by atoms with E-state index in [0.29, 0.717) is 87.6 Å². The molecule has 0 aliphatic carbocycles. The van der Waals surface area contributed by atoms with Crippen LogP contribution < -0.4 is 31.4 Å². The van der Waals surface area contributed by atoms with E-state index in [0.717, 1.165) is 67.5 Å². The average Bonchev–Trinajstić information content (AvgIpc) is 1.63. The summed E-state index contributed by atoms with van der Waals surface area (Å²) in [5.74, 6) is 3.61. The van der Waals surface area contributed by atoms with E-state index in [1.54, 1.807) is 72.4 Å². The molecule has 0 saturated carbocycles. The molecule has 12 aromatic rings. The predicted molar refractivity (Wildman–Crippen MR) is 348 cm³/mol. The Kier molecular flexibility index (Phi) is 16.2. The minimum Gasteiger partial charge on any atom is -0.467 e. The lowest BCUT2D eigenvalue weighted by molar-refractivity contribution is 0.218. The van der Waals surface area contributed by atoms with Gasteiger partial charge in [-0.25, -0.2) is 44.9 Å². The van der Waals surface area contributed by atoms with Crippen LogP contribution >= 0.6 is 0 Å². The van der Waals surface area contributed by atoms with E-state index >= 15 is 0 Å². The fourth-order valence-electron chi connectivity index (χ4n) is 11.9. The van der Waals surface area contributed by atoms with Crippen LogP contribution in [0.4, 0.5) is 17.5 Å². The fourth-order valence-corrected chi connectivity index (χ4v) is 11.9. The first-order valence-electron chi connectivity index (χ1n) is 29.5. The summed E-state index contributed by atoms with van der Waals surface area (Å²) in [5.41, 5.74) is 33.9. The van der Waals surface area contributed by atoms with Crippen LogP contribution in [0.25, 0.3) is 67.9 Å². The van der Waals surface area contributed by atoms with Gasteiger partial charge in [0.15, 0.2) is 17.5 Å². The zero-order valence-corrected chi connectivity index (χ0v) is 52.1. The number of aromatic nitrogens is 18. The van der Waals surface area contributed by atoms with E-state index in [1.807, 2.05) is 110 Å². The molecule has 15 rings (SSSR count). The van der Waals surface area contributed by atoms with Gasteiger partial charge in [0.1, 0.15) is 71.1 Å². The Morgan fingerprint density at radius 3 is 0.979 bits per heavy atom. The van der Waals surface area contributed by atoms with E-state index in [1.165, 1.54) is 0 Å². The van der Waals surface area contributed by atoms with Crippen LogP contribution in [0.15, 0.2) is 110 Å². The molecule has 0 amide bonds. The molecular weight excluding hydrogens is 1190 g/mol. The second-order valence-electron chi connectivity index (χ2n) is 22.7. The van der Waals surface area contributed by atoms with E-state index < -0.39 is 0 Å². The Bertz CT molecular complexity index is 4580. The number of rotatable bonds is 0. The number of imidazole rings is 3. The summed E-state index contributed by atoms with van der Waals surface area (Å²) in [6.45, 7) is 13.2. The molecule has 27 nitrogen and oxygen atoms in total. The first-order chi connectivity index (χ1) is 44.9. The number of anilines is 3. The lowest BCUT2D eigenvalue weighted by atomic mass is 9.99. The summed E-state index contributed by atoms with van der Waals surface area (Å²) in [7, 11) is 5.21. The van der Waals surface area contributed by atoms with Crippen molar-refractivity contribution in [2.75, 3.05) is 17.2 Å². The highest BCUT2D eigenvalue weighted by atomic mass is 16.5. The van der Waals surface area contributed by atoms with Crippen molar-refractivity contribution in [3.63, 3.8) is 0 Å². The molecule has 470 valence electrons. The quantitative estimate of drug-likeness (QED) is 0.127. The van der Waals surface area contributed by atoms with Gasteiger partial charge < -0.3 is 45.1 Å². The summed E-state index contributed by atoms with van der Waals surface area (Å²) < 4.78 is 29.3. The molecular formula is C67H64N24O3. The van der Waals surface area contributed by atoms with Gasteiger partial charge in [-0.3, -0.25) is 14.0 Å². The molecule has 0 radical (unpaired) electrons. The van der Waals surface area contributed by atoms with Crippen molar-refractivity contribution in [3.05, 3.63) is 178 Å². The lowest BCUT2D eigenvalue weighted by Gasteiger charge is -2.20. The molecule has 12 heterocycles. The molecule has 27 heteroatoms. The Morgan fingerprint density at radius 1 is 0.436 bits per heavy atom. The molecule has 94 heavy (non-hydrogen) atoms. The SMILES string of the molecule is C.Cc1ccc2c(c1)C(C)Oc1nc(cnc1N)-c1c(nn(C)c1C#N)Cn1ccnc1-2.Cc1ccc2c(c1)[C@@H](C)Oc1nc(cnc1N)-c1c(nn(C)c1C#N)Cn1ccnc1-2.Cc1ccc2c(c1)[C@H](C)Oc1nc(cnc1N)-c1c(nn(C)c1C#N)Cn1ccnc1-2. The van der Waals surface area contributed by atoms with Gasteiger partial charge in [-0.05, 0) is 41.5 Å². The average molecular weight is 1250 g/mol. The van der Waals surface area contributed by atoms with Gasteiger partial charge >= 0.3 is 0 Å². The third-order valence-corrected chi connectivity index (χ3v) is 16.4. The second kappa shape index (κ2) is 24.7. The van der Waals surface area contributed by atoms with Gasteiger partial charge in [0.25, 0.3) is 17.6 Å². The van der Waals surface area contributed by atoms with Gasteiger partial charge in [-0.1, -0.05) is 78.7 Å². The van der Waals surface area contributed by atoms with Crippen LogP contribution in [0, 0.1) is 54.8 Å². The van der Waals surface area contributed by atoms with E-state index in [-0.39, 0.29) is 60.8 Å². The number of nitrogens with two attached hydrogens (primary N) is 3. The van der Waals surface area contributed by atoms with Crippen molar-refractivity contribution in [1.29, 1.82) is 15.8 Å². The summed E-state index contributed by atoms with van der Waals surface area (Å²) >= 11 is 0. The topological polar surface area (TPSA) is 361 Å². The number of nitrogen functional groups attached to an aromatic ring is 3. The molecule has 3 aliphatic rings. The van der Waals surface area contributed by atoms with Crippen molar-refractivity contribution < 1.29 is 14.2 Å².